The minimum Gasteiger partial charge on any atom is -0.336 e. The minimum atomic E-state index is -5.39. The smallest absolute Gasteiger partial charge is 0.336 e. The molecule has 0 radical (unpaired) electrons. The molecule has 0 fully saturated rings. The molecule has 0 bridgehead atoms. The Labute approximate surface area is 317 Å². The van der Waals surface area contributed by atoms with E-state index in [9.17, 15) is 25.1 Å². The molecule has 0 saturated heterocycles. The topological polar surface area (TPSA) is 58.4 Å². The van der Waals surface area contributed by atoms with Gasteiger partial charge in [-0.15, -0.1) is 0 Å². The summed E-state index contributed by atoms with van der Waals surface area (Å²) < 4.78 is 230. The molecule has 1 aliphatic carbocycles. The van der Waals surface area contributed by atoms with E-state index in [4.69, 9.17) is 24.7 Å². The number of aromatic nitrogens is 2. The third kappa shape index (κ3) is 8.99. The fourth-order valence-electron chi connectivity index (χ4n) is 4.45. The number of likely N-dealkylation sites (N-methyl/N-ethyl adjacent to an activating group) is 1. The standard InChI is InChI=1S/C38H42F4N4O2S/c1-5-44(6-2)17-18-45(22-30-10-9-29(21-26(30)4)28-11-13-31(14-12-28)38(40,41)42)35(47)23-46-34-20-25(3)19-33(34)36(48)43-37(46)49-24-27-7-15-32(39)16-8-27/h7-16,21,25H,5-6,17-20,22-24H2,1-4H3/i5D2,6D2,9D,10D,11D,12D,13D,14D,17D2,18D2,19D2,20D2,21D,25D. The van der Waals surface area contributed by atoms with Gasteiger partial charge >= 0.3 is 6.18 Å². The average molecular weight is 715 g/mol. The van der Waals surface area contributed by atoms with Gasteiger partial charge in [0.1, 0.15) is 12.4 Å². The zero-order valence-electron chi connectivity index (χ0n) is 46.5. The summed E-state index contributed by atoms with van der Waals surface area (Å²) in [6, 6.07) is -4.32. The second-order valence-electron chi connectivity index (χ2n) is 10.4. The lowest BCUT2D eigenvalue weighted by atomic mass is 9.98. The number of benzene rings is 3. The van der Waals surface area contributed by atoms with Gasteiger partial charge in [-0.25, -0.2) is 4.39 Å². The van der Waals surface area contributed by atoms with E-state index >= 15 is 4.79 Å². The number of alkyl halides is 3. The zero-order valence-corrected chi connectivity index (χ0v) is 27.3. The van der Waals surface area contributed by atoms with Gasteiger partial charge in [-0.2, -0.15) is 18.2 Å². The monoisotopic (exact) mass is 714 g/mol. The Hall–Kier alpha value is -3.96. The van der Waals surface area contributed by atoms with Gasteiger partial charge < -0.3 is 14.4 Å². The number of carbonyl (C=O) groups is 1. The van der Waals surface area contributed by atoms with Crippen LogP contribution in [0.25, 0.3) is 11.1 Å². The predicted octanol–water partition coefficient (Wildman–Crippen LogP) is 7.77. The molecule has 11 heteroatoms. The maximum Gasteiger partial charge on any atom is 0.416 e. The van der Waals surface area contributed by atoms with E-state index in [-0.39, 0.29) is 15.6 Å². The maximum atomic E-state index is 15.1. The fraction of sp³-hybridized carbons (Fsp3) is 0.395. The van der Waals surface area contributed by atoms with Gasteiger partial charge in [-0.3, -0.25) is 9.59 Å². The van der Waals surface area contributed by atoms with Gasteiger partial charge in [0.25, 0.3) is 5.56 Å². The number of rotatable bonds is 13. The number of thioether (sulfide) groups is 1. The third-order valence-electron chi connectivity index (χ3n) is 6.96. The summed E-state index contributed by atoms with van der Waals surface area (Å²) in [5.74, 6) is -5.33. The summed E-state index contributed by atoms with van der Waals surface area (Å²) in [6.07, 6.45) is -11.7. The second kappa shape index (κ2) is 15.7. The first-order chi connectivity index (χ1) is 31.0. The van der Waals surface area contributed by atoms with Gasteiger partial charge in [-0.05, 0) is 90.6 Å². The molecule has 6 nitrogen and oxygen atoms in total. The number of fused-ring (bicyclic) bond motifs is 1. The molecule has 0 aliphatic heterocycles. The van der Waals surface area contributed by atoms with Crippen LogP contribution in [0.2, 0.25) is 0 Å². The molecular weight excluding hydrogens is 653 g/mol. The van der Waals surface area contributed by atoms with E-state index in [0.29, 0.717) is 35.7 Å². The normalized spacial score (nSPS) is 25.0. The van der Waals surface area contributed by atoms with E-state index in [0.717, 1.165) is 26.0 Å². The van der Waals surface area contributed by atoms with Gasteiger partial charge in [0.2, 0.25) is 5.91 Å². The Balaban J connectivity index is 1.83. The summed E-state index contributed by atoms with van der Waals surface area (Å²) in [5, 5.41) is -0.561. The van der Waals surface area contributed by atoms with E-state index in [1.807, 2.05) is 0 Å². The Bertz CT molecular complexity index is 2720. The van der Waals surface area contributed by atoms with Crippen molar-refractivity contribution in [3.05, 3.63) is 116 Å². The number of hydrogen-bond donors (Lipinski definition) is 0. The number of amides is 1. The van der Waals surface area contributed by atoms with Crippen LogP contribution in [0.3, 0.4) is 0 Å². The van der Waals surface area contributed by atoms with Crippen molar-refractivity contribution in [1.29, 1.82) is 0 Å². The first kappa shape index (κ1) is 18.3. The Kier molecular flexibility index (Phi) is 5.88. The highest BCUT2D eigenvalue weighted by atomic mass is 32.2. The van der Waals surface area contributed by atoms with Gasteiger partial charge in [0.05, 0.1) is 17.9 Å². The van der Waals surface area contributed by atoms with Crippen molar-refractivity contribution in [3.8, 4) is 11.1 Å². The lowest BCUT2D eigenvalue weighted by molar-refractivity contribution is -0.137. The van der Waals surface area contributed by atoms with Gasteiger partial charge in [0, 0.05) is 51.6 Å². The highest BCUT2D eigenvalue weighted by molar-refractivity contribution is 7.98. The molecule has 1 aliphatic rings. The van der Waals surface area contributed by atoms with Gasteiger partial charge in [-0.1, -0.05) is 74.9 Å². The summed E-state index contributed by atoms with van der Waals surface area (Å²) in [6.45, 7) is -13.9. The third-order valence-corrected chi connectivity index (χ3v) is 8.01. The number of halogens is 4. The molecule has 1 heterocycles. The van der Waals surface area contributed by atoms with E-state index in [2.05, 4.69) is 4.98 Å². The van der Waals surface area contributed by atoms with E-state index in [1.165, 1.54) is 12.1 Å². The molecule has 0 N–H and O–H groups in total. The van der Waals surface area contributed by atoms with Crippen molar-refractivity contribution >= 4 is 17.7 Å². The van der Waals surface area contributed by atoms with Crippen molar-refractivity contribution < 1.29 is 49.8 Å². The van der Waals surface area contributed by atoms with E-state index in [1.54, 1.807) is 0 Å². The summed E-state index contributed by atoms with van der Waals surface area (Å²) >= 11 is 0.618. The highest BCUT2D eigenvalue weighted by Crippen LogP contribution is 2.32. The van der Waals surface area contributed by atoms with Crippen LogP contribution in [0.4, 0.5) is 17.6 Å². The number of nitrogens with zero attached hydrogens (tertiary/aromatic N) is 4. The fourth-order valence-corrected chi connectivity index (χ4v) is 5.40. The largest absolute Gasteiger partial charge is 0.416 e. The molecular formula is C38H42F4N4O2S. The van der Waals surface area contributed by atoms with Crippen molar-refractivity contribution in [2.24, 2.45) is 5.89 Å². The van der Waals surface area contributed by atoms with Crippen LogP contribution in [0.15, 0.2) is 76.5 Å². The Morgan fingerprint density at radius 2 is 1.76 bits per heavy atom. The zero-order chi connectivity index (χ0) is 53.1. The number of carbonyl (C=O) groups excluding carboxylic acids is 1. The van der Waals surface area contributed by atoms with Crippen LogP contribution < -0.4 is 5.56 Å². The summed E-state index contributed by atoms with van der Waals surface area (Å²) in [7, 11) is 0. The van der Waals surface area contributed by atoms with Crippen molar-refractivity contribution in [2.45, 2.75) is 70.6 Å². The molecule has 1 aromatic heterocycles. The van der Waals surface area contributed by atoms with Crippen LogP contribution in [0.1, 0.15) is 81.7 Å². The van der Waals surface area contributed by atoms with Crippen LogP contribution in [-0.4, -0.2) is 51.2 Å². The number of hydrogen-bond acceptors (Lipinski definition) is 5. The highest BCUT2D eigenvalue weighted by Gasteiger charge is 2.30. The molecule has 1 unspecified atom stereocenters. The van der Waals surface area contributed by atoms with Crippen molar-refractivity contribution in [3.63, 3.8) is 0 Å². The Morgan fingerprint density at radius 1 is 1.08 bits per heavy atom. The molecule has 1 amide bonds. The second-order valence-corrected chi connectivity index (χ2v) is 11.3. The molecule has 0 spiro atoms. The lowest BCUT2D eigenvalue weighted by Gasteiger charge is -2.28. The first-order valence-electron chi connectivity index (χ1n) is 24.4. The van der Waals surface area contributed by atoms with Crippen LogP contribution in [0, 0.1) is 18.6 Å². The molecule has 49 heavy (non-hydrogen) atoms. The minimum absolute atomic E-state index is 0.0256. The van der Waals surface area contributed by atoms with Crippen molar-refractivity contribution in [1.82, 2.24) is 19.4 Å². The van der Waals surface area contributed by atoms with Crippen LogP contribution in [0.5, 0.6) is 0 Å². The lowest BCUT2D eigenvalue weighted by Crippen LogP contribution is -2.40. The summed E-state index contributed by atoms with van der Waals surface area (Å²) in [5.41, 5.74) is -8.06. The van der Waals surface area contributed by atoms with Gasteiger partial charge in [0.15, 0.2) is 5.16 Å². The first-order valence-corrected chi connectivity index (χ1v) is 15.4. The summed E-state index contributed by atoms with van der Waals surface area (Å²) in [4.78, 5) is 32.4. The molecule has 1 atom stereocenters. The maximum absolute atomic E-state index is 15.1. The van der Waals surface area contributed by atoms with Crippen molar-refractivity contribution in [2.75, 3.05) is 26.0 Å². The molecule has 260 valence electrons. The quantitative estimate of drug-likeness (QED) is 0.0805. The average Bonchev–Trinajstić information content (AvgIpc) is 3.29. The molecule has 3 aromatic carbocycles. The predicted molar refractivity (Wildman–Crippen MR) is 186 cm³/mol. The molecule has 4 aromatic rings. The van der Waals surface area contributed by atoms with Crippen LogP contribution in [-0.2, 0) is 42.6 Å². The Morgan fingerprint density at radius 3 is 2.41 bits per heavy atom. The SMILES string of the molecule is [2H]c1c([2H])c(-c2c([2H])c([2H])c(C(F)(F)F)c([2H])c2[2H])c([2H])c(C)c1CN(C(=O)Cn1c(SCc2ccc(F)cc2)nc(=O)c2c1C([2H])([2H])C([2H])(C)C2([2H])[2H])C([2H])([2H])C([2H])([2H])N(C([2H])([2H])C)C([2H])([2H])C. The van der Waals surface area contributed by atoms with E-state index < -0.39 is 168 Å². The molecule has 5 rings (SSSR count). The molecule has 0 saturated carbocycles. The van der Waals surface area contributed by atoms with Crippen LogP contribution >= 0.6 is 11.8 Å².